The van der Waals surface area contributed by atoms with Gasteiger partial charge >= 0.3 is 5.97 Å². The van der Waals surface area contributed by atoms with Crippen LogP contribution in [0.5, 0.6) is 0 Å². The van der Waals surface area contributed by atoms with Crippen LogP contribution in [0.2, 0.25) is 0 Å². The number of benzene rings is 2. The quantitative estimate of drug-likeness (QED) is 0.657. The van der Waals surface area contributed by atoms with Crippen LogP contribution in [0.1, 0.15) is 32.9 Å². The molecule has 1 amide bonds. The van der Waals surface area contributed by atoms with Gasteiger partial charge in [0.2, 0.25) is 11.7 Å². The monoisotopic (exact) mass is 428 g/mol. The summed E-state index contributed by atoms with van der Waals surface area (Å²) in [6, 6.07) is 16.3. The number of carbonyl (C=O) groups excluding carboxylic acids is 1. The van der Waals surface area contributed by atoms with Crippen molar-refractivity contribution < 1.29 is 27.5 Å². The van der Waals surface area contributed by atoms with E-state index in [1.807, 2.05) is 24.3 Å². The van der Waals surface area contributed by atoms with Gasteiger partial charge in [-0.3, -0.25) is 9.10 Å². The van der Waals surface area contributed by atoms with Crippen LogP contribution in [0.4, 0.5) is 5.69 Å². The smallest absolute Gasteiger partial charge is 0.371 e. The Bertz CT molecular complexity index is 1160. The molecule has 0 aliphatic carbocycles. The second kappa shape index (κ2) is 8.83. The first-order valence-electron chi connectivity index (χ1n) is 9.08. The fraction of sp³-hybridized carbons (Fsp3) is 0.143. The molecule has 0 atom stereocenters. The number of fused-ring (bicyclic) bond motifs is 1. The van der Waals surface area contributed by atoms with E-state index in [1.54, 1.807) is 0 Å². The first-order chi connectivity index (χ1) is 14.3. The zero-order chi connectivity index (χ0) is 21.7. The molecule has 0 spiro atoms. The molecule has 3 aromatic rings. The third-order valence-electron chi connectivity index (χ3n) is 4.51. The lowest BCUT2D eigenvalue weighted by molar-refractivity contribution is 0.0662. The minimum absolute atomic E-state index is 0.0231. The van der Waals surface area contributed by atoms with Crippen LogP contribution in [0.15, 0.2) is 76.2 Å². The lowest BCUT2D eigenvalue weighted by atomic mass is 10.0. The van der Waals surface area contributed by atoms with E-state index in [1.165, 1.54) is 47.0 Å². The molecule has 3 N–H and O–H groups in total. The summed E-state index contributed by atoms with van der Waals surface area (Å²) in [5.74, 6) is -1.70. The predicted octanol–water partition coefficient (Wildman–Crippen LogP) is 2.90. The van der Waals surface area contributed by atoms with Gasteiger partial charge in [-0.05, 0) is 54.8 Å². The molecule has 0 unspecified atom stereocenters. The van der Waals surface area contributed by atoms with Crippen molar-refractivity contribution in [3.05, 3.63) is 83.8 Å². The minimum Gasteiger partial charge on any atom is -0.475 e. The number of aromatic carboxylic acids is 1. The normalized spacial score (nSPS) is 13.0. The SMILES string of the molecule is NC(=O)c1cccc(S(=O)(=O)N2CCCc3ccccc32)c1.O=C(O)c1ccco1. The lowest BCUT2D eigenvalue weighted by Crippen LogP contribution is -2.35. The topological polar surface area (TPSA) is 131 Å². The maximum absolute atomic E-state index is 12.9. The summed E-state index contributed by atoms with van der Waals surface area (Å²) >= 11 is 0. The van der Waals surface area contributed by atoms with Crippen LogP contribution in [0.3, 0.4) is 0 Å². The van der Waals surface area contributed by atoms with E-state index in [2.05, 4.69) is 4.42 Å². The number of aryl methyl sites for hydroxylation is 1. The Hall–Kier alpha value is -3.59. The molecule has 0 fully saturated rings. The Kier molecular flexibility index (Phi) is 6.22. The van der Waals surface area contributed by atoms with Gasteiger partial charge < -0.3 is 15.3 Å². The maximum Gasteiger partial charge on any atom is 0.371 e. The Morgan fingerprint density at radius 2 is 1.80 bits per heavy atom. The number of carbonyl (C=O) groups is 2. The van der Waals surface area contributed by atoms with Gasteiger partial charge in [0.05, 0.1) is 16.8 Å². The summed E-state index contributed by atoms with van der Waals surface area (Å²) in [5, 5.41) is 8.18. The standard InChI is InChI=1S/C16H16N2O3S.C5H4O3/c17-16(19)13-6-3-8-14(11-13)22(20,21)18-10-4-7-12-5-1-2-9-15(12)18;6-5(7)4-2-1-3-8-4/h1-3,5-6,8-9,11H,4,7,10H2,(H2,17,19);1-3H,(H,6,7). The highest BCUT2D eigenvalue weighted by Crippen LogP contribution is 2.31. The Morgan fingerprint density at radius 3 is 2.43 bits per heavy atom. The summed E-state index contributed by atoms with van der Waals surface area (Å²) in [7, 11) is -3.71. The van der Waals surface area contributed by atoms with Crippen molar-refractivity contribution in [1.29, 1.82) is 0 Å². The molecule has 1 aliphatic heterocycles. The molecule has 1 aliphatic rings. The third kappa shape index (κ3) is 4.52. The number of carboxylic acid groups (broad SMARTS) is 1. The number of hydrogen-bond donors (Lipinski definition) is 2. The van der Waals surface area contributed by atoms with Crippen molar-refractivity contribution in [1.82, 2.24) is 0 Å². The number of para-hydroxylation sites is 1. The Balaban J connectivity index is 0.000000269. The Labute approximate surface area is 173 Å². The zero-order valence-corrected chi connectivity index (χ0v) is 16.7. The van der Waals surface area contributed by atoms with Gasteiger partial charge in [-0.2, -0.15) is 0 Å². The molecule has 0 radical (unpaired) electrons. The summed E-state index contributed by atoms with van der Waals surface area (Å²) in [6.45, 7) is 0.431. The largest absolute Gasteiger partial charge is 0.475 e. The molecule has 9 heteroatoms. The number of anilines is 1. The van der Waals surface area contributed by atoms with Gasteiger partial charge in [0.25, 0.3) is 10.0 Å². The van der Waals surface area contributed by atoms with Crippen molar-refractivity contribution in [2.45, 2.75) is 17.7 Å². The fourth-order valence-electron chi connectivity index (χ4n) is 3.09. The molecule has 4 rings (SSSR count). The van der Waals surface area contributed by atoms with Crippen LogP contribution >= 0.6 is 0 Å². The van der Waals surface area contributed by atoms with E-state index in [0.29, 0.717) is 12.2 Å². The first-order valence-corrected chi connectivity index (χ1v) is 10.5. The van der Waals surface area contributed by atoms with Crippen molar-refractivity contribution >= 4 is 27.6 Å². The van der Waals surface area contributed by atoms with Crippen LogP contribution < -0.4 is 10.0 Å². The highest BCUT2D eigenvalue weighted by atomic mass is 32.2. The lowest BCUT2D eigenvalue weighted by Gasteiger charge is -2.30. The van der Waals surface area contributed by atoms with E-state index in [-0.39, 0.29) is 16.2 Å². The van der Waals surface area contributed by atoms with Crippen molar-refractivity contribution in [3.8, 4) is 0 Å². The van der Waals surface area contributed by atoms with E-state index in [0.717, 1.165) is 18.4 Å². The number of furan rings is 1. The van der Waals surface area contributed by atoms with Crippen molar-refractivity contribution in [3.63, 3.8) is 0 Å². The van der Waals surface area contributed by atoms with Gasteiger partial charge in [0.1, 0.15) is 0 Å². The molecule has 0 bridgehead atoms. The van der Waals surface area contributed by atoms with Gasteiger partial charge in [0, 0.05) is 12.1 Å². The van der Waals surface area contributed by atoms with E-state index < -0.39 is 21.9 Å². The number of primary amides is 1. The number of amides is 1. The van der Waals surface area contributed by atoms with Crippen LogP contribution in [0, 0.1) is 0 Å². The summed E-state index contributed by atoms with van der Waals surface area (Å²) in [4.78, 5) is 21.3. The number of carboxylic acids is 1. The maximum atomic E-state index is 12.9. The molecule has 30 heavy (non-hydrogen) atoms. The second-order valence-electron chi connectivity index (χ2n) is 6.48. The molecule has 1 aromatic heterocycles. The average Bonchev–Trinajstić information content (AvgIpc) is 3.29. The first kappa shape index (κ1) is 21.1. The molecular formula is C21H20N2O6S. The van der Waals surface area contributed by atoms with E-state index in [9.17, 15) is 18.0 Å². The van der Waals surface area contributed by atoms with Gasteiger partial charge in [-0.1, -0.05) is 24.3 Å². The minimum atomic E-state index is -3.71. The number of nitrogens with zero attached hydrogens (tertiary/aromatic N) is 1. The number of nitrogens with two attached hydrogens (primary N) is 1. The fourth-order valence-corrected chi connectivity index (χ4v) is 4.67. The molecule has 8 nitrogen and oxygen atoms in total. The number of rotatable bonds is 4. The van der Waals surface area contributed by atoms with Crippen LogP contribution in [-0.4, -0.2) is 31.9 Å². The van der Waals surface area contributed by atoms with Gasteiger partial charge in [0.15, 0.2) is 0 Å². The summed E-state index contributed by atoms with van der Waals surface area (Å²) in [5.41, 5.74) is 7.14. The molecule has 156 valence electrons. The molecular weight excluding hydrogens is 408 g/mol. The van der Waals surface area contributed by atoms with Gasteiger partial charge in [-0.15, -0.1) is 0 Å². The highest BCUT2D eigenvalue weighted by Gasteiger charge is 2.29. The number of hydrogen-bond acceptors (Lipinski definition) is 5. The van der Waals surface area contributed by atoms with Crippen LogP contribution in [-0.2, 0) is 16.4 Å². The average molecular weight is 428 g/mol. The van der Waals surface area contributed by atoms with E-state index >= 15 is 0 Å². The second-order valence-corrected chi connectivity index (χ2v) is 8.35. The molecule has 2 heterocycles. The zero-order valence-electron chi connectivity index (χ0n) is 15.9. The number of sulfonamides is 1. The third-order valence-corrected chi connectivity index (χ3v) is 6.32. The molecule has 0 saturated heterocycles. The van der Waals surface area contributed by atoms with Crippen molar-refractivity contribution in [2.24, 2.45) is 5.73 Å². The highest BCUT2D eigenvalue weighted by molar-refractivity contribution is 7.92. The van der Waals surface area contributed by atoms with Gasteiger partial charge in [-0.25, -0.2) is 13.2 Å². The van der Waals surface area contributed by atoms with Crippen LogP contribution in [0.25, 0.3) is 0 Å². The van der Waals surface area contributed by atoms with E-state index in [4.69, 9.17) is 10.8 Å². The molecule has 2 aromatic carbocycles. The van der Waals surface area contributed by atoms with Crippen molar-refractivity contribution in [2.75, 3.05) is 10.8 Å². The predicted molar refractivity (Wildman–Crippen MR) is 110 cm³/mol. The molecule has 0 saturated carbocycles. The summed E-state index contributed by atoms with van der Waals surface area (Å²) in [6.07, 6.45) is 2.96. The Morgan fingerprint density at radius 1 is 1.03 bits per heavy atom. The summed E-state index contributed by atoms with van der Waals surface area (Å²) < 4.78 is 31.7.